The van der Waals surface area contributed by atoms with Crippen molar-refractivity contribution in [3.05, 3.63) is 63.7 Å². The highest BCUT2D eigenvalue weighted by Gasteiger charge is 2.19. The van der Waals surface area contributed by atoms with Gasteiger partial charge in [-0.25, -0.2) is 0 Å². The zero-order valence-corrected chi connectivity index (χ0v) is 16.4. The number of rotatable bonds is 5. The van der Waals surface area contributed by atoms with Gasteiger partial charge in [-0.15, -0.1) is 0 Å². The molecule has 1 N–H and O–H groups in total. The third kappa shape index (κ3) is 4.62. The minimum absolute atomic E-state index is 0.0578. The van der Waals surface area contributed by atoms with E-state index < -0.39 is 6.10 Å². The lowest BCUT2D eigenvalue weighted by Gasteiger charge is -2.21. The first-order valence-corrected chi connectivity index (χ1v) is 8.81. The number of hydrogen-bond acceptors (Lipinski definition) is 2. The van der Waals surface area contributed by atoms with Crippen LogP contribution in [-0.4, -0.2) is 12.0 Å². The second kappa shape index (κ2) is 7.73. The molecule has 1 amide bonds. The highest BCUT2D eigenvalue weighted by atomic mass is 16.5. The third-order valence-corrected chi connectivity index (χ3v) is 4.87. The zero-order valence-electron chi connectivity index (χ0n) is 16.4. The van der Waals surface area contributed by atoms with E-state index in [1.165, 1.54) is 22.3 Å². The second-order valence-electron chi connectivity index (χ2n) is 7.03. The van der Waals surface area contributed by atoms with Gasteiger partial charge in [0.25, 0.3) is 5.91 Å². The molecule has 134 valence electrons. The molecule has 0 fully saturated rings. The summed E-state index contributed by atoms with van der Waals surface area (Å²) in [6, 6.07) is 10.2. The fraction of sp³-hybridized carbons (Fsp3) is 0.409. The lowest BCUT2D eigenvalue weighted by Crippen LogP contribution is -2.38. The Morgan fingerprint density at radius 2 is 1.44 bits per heavy atom. The van der Waals surface area contributed by atoms with Crippen LogP contribution in [-0.2, 0) is 4.79 Å². The van der Waals surface area contributed by atoms with Gasteiger partial charge in [0.1, 0.15) is 5.75 Å². The van der Waals surface area contributed by atoms with Crippen LogP contribution in [0.4, 0.5) is 0 Å². The van der Waals surface area contributed by atoms with Crippen LogP contribution in [0, 0.1) is 34.6 Å². The van der Waals surface area contributed by atoms with Crippen molar-refractivity contribution in [2.45, 2.75) is 60.6 Å². The van der Waals surface area contributed by atoms with Gasteiger partial charge in [-0.1, -0.05) is 18.2 Å². The number of carbonyl (C=O) groups excluding carboxylic acids is 1. The number of benzene rings is 2. The number of carbonyl (C=O) groups is 1. The van der Waals surface area contributed by atoms with Gasteiger partial charge in [0.15, 0.2) is 6.10 Å². The minimum Gasteiger partial charge on any atom is -0.481 e. The van der Waals surface area contributed by atoms with E-state index in [-0.39, 0.29) is 11.9 Å². The highest BCUT2D eigenvalue weighted by Crippen LogP contribution is 2.22. The van der Waals surface area contributed by atoms with E-state index in [9.17, 15) is 4.79 Å². The topological polar surface area (TPSA) is 38.3 Å². The Kier molecular flexibility index (Phi) is 5.89. The quantitative estimate of drug-likeness (QED) is 0.843. The molecule has 2 aromatic carbocycles. The Morgan fingerprint density at radius 3 is 2.08 bits per heavy atom. The Balaban J connectivity index is 2.05. The Labute approximate surface area is 151 Å². The van der Waals surface area contributed by atoms with E-state index in [2.05, 4.69) is 45.1 Å². The lowest BCUT2D eigenvalue weighted by molar-refractivity contribution is -0.127. The summed E-state index contributed by atoms with van der Waals surface area (Å²) in [6.07, 6.45) is -0.545. The van der Waals surface area contributed by atoms with Gasteiger partial charge in [0, 0.05) is 0 Å². The van der Waals surface area contributed by atoms with E-state index in [1.54, 1.807) is 6.92 Å². The summed E-state index contributed by atoms with van der Waals surface area (Å²) in [5.74, 6) is 0.615. The first-order valence-electron chi connectivity index (χ1n) is 8.81. The van der Waals surface area contributed by atoms with Crippen molar-refractivity contribution in [3.8, 4) is 5.75 Å². The molecule has 0 bridgehead atoms. The summed E-state index contributed by atoms with van der Waals surface area (Å²) < 4.78 is 5.81. The number of ether oxygens (including phenoxy) is 1. The molecule has 3 nitrogen and oxygen atoms in total. The number of aryl methyl sites for hydroxylation is 5. The van der Waals surface area contributed by atoms with Crippen molar-refractivity contribution in [2.24, 2.45) is 0 Å². The van der Waals surface area contributed by atoms with Gasteiger partial charge < -0.3 is 10.1 Å². The third-order valence-electron chi connectivity index (χ3n) is 4.87. The van der Waals surface area contributed by atoms with Crippen LogP contribution in [0.3, 0.4) is 0 Å². The van der Waals surface area contributed by atoms with Crippen LogP contribution in [0.5, 0.6) is 5.75 Å². The zero-order chi connectivity index (χ0) is 18.7. The van der Waals surface area contributed by atoms with Gasteiger partial charge in [-0.2, -0.15) is 0 Å². The van der Waals surface area contributed by atoms with Crippen molar-refractivity contribution < 1.29 is 9.53 Å². The molecular weight excluding hydrogens is 310 g/mol. The predicted molar refractivity (Wildman–Crippen MR) is 103 cm³/mol. The van der Waals surface area contributed by atoms with Crippen LogP contribution in [0.15, 0.2) is 30.3 Å². The maximum atomic E-state index is 12.5. The summed E-state index contributed by atoms with van der Waals surface area (Å²) in [5.41, 5.74) is 7.22. The molecule has 0 aliphatic rings. The molecule has 0 radical (unpaired) electrons. The number of hydrogen-bond donors (Lipinski definition) is 1. The largest absolute Gasteiger partial charge is 0.481 e. The first kappa shape index (κ1) is 19.0. The summed E-state index contributed by atoms with van der Waals surface area (Å²) in [7, 11) is 0. The van der Waals surface area contributed by atoms with E-state index in [1.807, 2.05) is 32.0 Å². The summed E-state index contributed by atoms with van der Waals surface area (Å²) in [4.78, 5) is 12.5. The smallest absolute Gasteiger partial charge is 0.261 e. The van der Waals surface area contributed by atoms with Gasteiger partial charge >= 0.3 is 0 Å². The molecular formula is C22H29NO2. The monoisotopic (exact) mass is 339 g/mol. The van der Waals surface area contributed by atoms with E-state index in [0.29, 0.717) is 0 Å². The molecule has 0 saturated heterocycles. The van der Waals surface area contributed by atoms with E-state index in [0.717, 1.165) is 16.9 Å². The van der Waals surface area contributed by atoms with Gasteiger partial charge in [0.2, 0.25) is 0 Å². The maximum absolute atomic E-state index is 12.5. The molecule has 25 heavy (non-hydrogen) atoms. The summed E-state index contributed by atoms with van der Waals surface area (Å²) in [5, 5.41) is 3.07. The molecule has 0 aliphatic carbocycles. The molecule has 0 unspecified atom stereocenters. The summed E-state index contributed by atoms with van der Waals surface area (Å²) in [6.45, 7) is 14.2. The summed E-state index contributed by atoms with van der Waals surface area (Å²) >= 11 is 0. The van der Waals surface area contributed by atoms with Crippen LogP contribution in [0.25, 0.3) is 0 Å². The van der Waals surface area contributed by atoms with Crippen molar-refractivity contribution in [2.75, 3.05) is 0 Å². The molecule has 2 aromatic rings. The number of amides is 1. The Bertz CT molecular complexity index is 780. The molecule has 0 heterocycles. The Morgan fingerprint density at radius 1 is 0.840 bits per heavy atom. The molecule has 0 saturated carbocycles. The predicted octanol–water partition coefficient (Wildman–Crippen LogP) is 4.87. The van der Waals surface area contributed by atoms with E-state index >= 15 is 0 Å². The SMILES string of the molecule is Cc1ccc(O[C@H](C)C(=O)N[C@H](C)c2cc(C)c(C)cc2C)cc1C. The lowest BCUT2D eigenvalue weighted by atomic mass is 9.96. The van der Waals surface area contributed by atoms with Crippen molar-refractivity contribution in [1.82, 2.24) is 5.32 Å². The van der Waals surface area contributed by atoms with Crippen molar-refractivity contribution >= 4 is 5.91 Å². The van der Waals surface area contributed by atoms with Crippen molar-refractivity contribution in [3.63, 3.8) is 0 Å². The molecule has 3 heteroatoms. The molecule has 2 atom stereocenters. The molecule has 0 aliphatic heterocycles. The molecule has 0 aromatic heterocycles. The van der Waals surface area contributed by atoms with Crippen molar-refractivity contribution in [1.29, 1.82) is 0 Å². The fourth-order valence-corrected chi connectivity index (χ4v) is 2.90. The van der Waals surface area contributed by atoms with Gasteiger partial charge in [0.05, 0.1) is 6.04 Å². The standard InChI is InChI=1S/C22H29NO2/c1-13-8-9-20(11-15(13)3)25-19(7)22(24)23-18(6)21-12-16(4)14(2)10-17(21)5/h8-12,18-19H,1-7H3,(H,23,24)/t18-,19-/m1/s1. The average Bonchev–Trinajstić information content (AvgIpc) is 2.54. The van der Waals surface area contributed by atoms with Gasteiger partial charge in [-0.05, 0) is 94.0 Å². The van der Waals surface area contributed by atoms with Crippen LogP contribution in [0.1, 0.15) is 53.3 Å². The normalized spacial score (nSPS) is 13.2. The molecule has 0 spiro atoms. The first-order chi connectivity index (χ1) is 11.7. The fourth-order valence-electron chi connectivity index (χ4n) is 2.90. The minimum atomic E-state index is -0.545. The van der Waals surface area contributed by atoms with E-state index in [4.69, 9.17) is 4.74 Å². The van der Waals surface area contributed by atoms with Crippen LogP contribution in [0.2, 0.25) is 0 Å². The number of nitrogens with one attached hydrogen (secondary N) is 1. The molecule has 2 rings (SSSR count). The average molecular weight is 339 g/mol. The van der Waals surface area contributed by atoms with Gasteiger partial charge in [-0.3, -0.25) is 4.79 Å². The second-order valence-corrected chi connectivity index (χ2v) is 7.03. The van der Waals surface area contributed by atoms with Crippen LogP contribution < -0.4 is 10.1 Å². The maximum Gasteiger partial charge on any atom is 0.261 e. The highest BCUT2D eigenvalue weighted by molar-refractivity contribution is 5.81. The van der Waals surface area contributed by atoms with Crippen LogP contribution >= 0.6 is 0 Å². The Hall–Kier alpha value is -2.29.